The summed E-state index contributed by atoms with van der Waals surface area (Å²) in [4.78, 5) is 2.29. The molecule has 0 aliphatic heterocycles. The van der Waals surface area contributed by atoms with Gasteiger partial charge in [-0.2, -0.15) is 0 Å². The molecule has 0 bridgehead atoms. The number of nitrogens with zero attached hydrogens (tertiary/aromatic N) is 1. The van der Waals surface area contributed by atoms with Gasteiger partial charge < -0.3 is 5.73 Å². The number of anilines is 1. The molecule has 0 aromatic heterocycles. The summed E-state index contributed by atoms with van der Waals surface area (Å²) >= 11 is 0. The van der Waals surface area contributed by atoms with Crippen molar-refractivity contribution in [1.82, 2.24) is 4.90 Å². The first kappa shape index (κ1) is 14.6. The Labute approximate surface area is 122 Å². The van der Waals surface area contributed by atoms with E-state index in [0.717, 1.165) is 18.8 Å². The zero-order valence-corrected chi connectivity index (χ0v) is 12.6. The number of nitrogens with two attached hydrogens (primary N) is 1. The Kier molecular flexibility index (Phi) is 4.80. The summed E-state index contributed by atoms with van der Waals surface area (Å²) < 4.78 is 0. The maximum Gasteiger partial charge on any atom is 0.0359 e. The second-order valence-corrected chi connectivity index (χ2v) is 5.77. The molecule has 2 heteroatoms. The SMILES string of the molecule is CC(C)c1ccc(CN(C)Cc2ccccc2N)cc1. The number of hydrogen-bond donors (Lipinski definition) is 1. The summed E-state index contributed by atoms with van der Waals surface area (Å²) in [6, 6.07) is 17.0. The smallest absolute Gasteiger partial charge is 0.0359 e. The topological polar surface area (TPSA) is 29.3 Å². The van der Waals surface area contributed by atoms with Crippen molar-refractivity contribution in [3.8, 4) is 0 Å². The third kappa shape index (κ3) is 3.84. The molecule has 2 aromatic carbocycles. The third-order valence-electron chi connectivity index (χ3n) is 3.59. The lowest BCUT2D eigenvalue weighted by molar-refractivity contribution is 0.319. The Balaban J connectivity index is 1.97. The Morgan fingerprint density at radius 1 is 0.950 bits per heavy atom. The van der Waals surface area contributed by atoms with E-state index in [1.807, 2.05) is 18.2 Å². The van der Waals surface area contributed by atoms with Gasteiger partial charge >= 0.3 is 0 Å². The molecule has 0 unspecified atom stereocenters. The van der Waals surface area contributed by atoms with E-state index < -0.39 is 0 Å². The van der Waals surface area contributed by atoms with Crippen LogP contribution in [-0.2, 0) is 13.1 Å². The second-order valence-electron chi connectivity index (χ2n) is 5.77. The van der Waals surface area contributed by atoms with Crippen LogP contribution in [0, 0.1) is 0 Å². The molecule has 0 atom stereocenters. The molecule has 2 rings (SSSR count). The first-order valence-corrected chi connectivity index (χ1v) is 7.17. The van der Waals surface area contributed by atoms with E-state index >= 15 is 0 Å². The van der Waals surface area contributed by atoms with E-state index in [1.54, 1.807) is 0 Å². The molecule has 2 nitrogen and oxygen atoms in total. The van der Waals surface area contributed by atoms with Crippen LogP contribution in [0.25, 0.3) is 0 Å². The van der Waals surface area contributed by atoms with E-state index in [4.69, 9.17) is 5.73 Å². The molecular formula is C18H24N2. The number of rotatable bonds is 5. The summed E-state index contributed by atoms with van der Waals surface area (Å²) in [6.07, 6.45) is 0. The zero-order chi connectivity index (χ0) is 14.5. The van der Waals surface area contributed by atoms with Gasteiger partial charge in [0.05, 0.1) is 0 Å². The number of benzene rings is 2. The highest BCUT2D eigenvalue weighted by Gasteiger charge is 2.05. The molecule has 0 radical (unpaired) electrons. The van der Waals surface area contributed by atoms with Gasteiger partial charge in [-0.15, -0.1) is 0 Å². The Bertz CT molecular complexity index is 544. The third-order valence-corrected chi connectivity index (χ3v) is 3.59. The lowest BCUT2D eigenvalue weighted by atomic mass is 10.0. The molecule has 0 saturated heterocycles. The molecule has 0 amide bonds. The molecular weight excluding hydrogens is 244 g/mol. The summed E-state index contributed by atoms with van der Waals surface area (Å²) in [5.41, 5.74) is 10.8. The molecule has 20 heavy (non-hydrogen) atoms. The minimum Gasteiger partial charge on any atom is -0.398 e. The summed E-state index contributed by atoms with van der Waals surface area (Å²) in [6.45, 7) is 6.25. The molecule has 0 heterocycles. The van der Waals surface area contributed by atoms with Crippen LogP contribution in [0.15, 0.2) is 48.5 Å². The van der Waals surface area contributed by atoms with Gasteiger partial charge in [0.1, 0.15) is 0 Å². The lowest BCUT2D eigenvalue weighted by Gasteiger charge is -2.18. The van der Waals surface area contributed by atoms with Crippen LogP contribution in [0.5, 0.6) is 0 Å². The van der Waals surface area contributed by atoms with Crippen molar-refractivity contribution in [2.45, 2.75) is 32.9 Å². The summed E-state index contributed by atoms with van der Waals surface area (Å²) in [7, 11) is 2.13. The summed E-state index contributed by atoms with van der Waals surface area (Å²) in [5, 5.41) is 0. The fraction of sp³-hybridized carbons (Fsp3) is 0.333. The highest BCUT2D eigenvalue weighted by atomic mass is 15.1. The van der Waals surface area contributed by atoms with Gasteiger partial charge in [0.25, 0.3) is 0 Å². The molecule has 0 aliphatic carbocycles. The van der Waals surface area contributed by atoms with Crippen LogP contribution in [0.2, 0.25) is 0 Å². The van der Waals surface area contributed by atoms with Crippen molar-refractivity contribution in [2.75, 3.05) is 12.8 Å². The van der Waals surface area contributed by atoms with Gasteiger partial charge in [-0.05, 0) is 35.7 Å². The molecule has 0 aliphatic rings. The van der Waals surface area contributed by atoms with Crippen molar-refractivity contribution >= 4 is 5.69 Å². The van der Waals surface area contributed by atoms with Crippen LogP contribution in [-0.4, -0.2) is 11.9 Å². The van der Waals surface area contributed by atoms with Gasteiger partial charge in [-0.25, -0.2) is 0 Å². The maximum atomic E-state index is 5.99. The monoisotopic (exact) mass is 268 g/mol. The molecule has 106 valence electrons. The minimum absolute atomic E-state index is 0.589. The van der Waals surface area contributed by atoms with Crippen molar-refractivity contribution in [1.29, 1.82) is 0 Å². The van der Waals surface area contributed by atoms with Crippen molar-refractivity contribution in [3.63, 3.8) is 0 Å². The Morgan fingerprint density at radius 3 is 2.20 bits per heavy atom. The first-order valence-electron chi connectivity index (χ1n) is 7.17. The van der Waals surface area contributed by atoms with Crippen molar-refractivity contribution in [3.05, 3.63) is 65.2 Å². The molecule has 2 N–H and O–H groups in total. The van der Waals surface area contributed by atoms with E-state index in [-0.39, 0.29) is 0 Å². The normalized spacial score (nSPS) is 11.2. The average Bonchev–Trinajstić information content (AvgIpc) is 2.42. The van der Waals surface area contributed by atoms with Gasteiger partial charge in [0.2, 0.25) is 0 Å². The fourth-order valence-corrected chi connectivity index (χ4v) is 2.34. The van der Waals surface area contributed by atoms with E-state index in [1.165, 1.54) is 16.7 Å². The van der Waals surface area contributed by atoms with Crippen LogP contribution in [0.1, 0.15) is 36.5 Å². The van der Waals surface area contributed by atoms with Gasteiger partial charge in [-0.3, -0.25) is 4.90 Å². The number of para-hydroxylation sites is 1. The quantitative estimate of drug-likeness (QED) is 0.830. The van der Waals surface area contributed by atoms with Crippen molar-refractivity contribution < 1.29 is 0 Å². The van der Waals surface area contributed by atoms with Crippen LogP contribution < -0.4 is 5.73 Å². The average molecular weight is 268 g/mol. The Hall–Kier alpha value is -1.80. The first-order chi connectivity index (χ1) is 9.56. The predicted molar refractivity (Wildman–Crippen MR) is 86.6 cm³/mol. The van der Waals surface area contributed by atoms with Crippen LogP contribution in [0.4, 0.5) is 5.69 Å². The maximum absolute atomic E-state index is 5.99. The van der Waals surface area contributed by atoms with Gasteiger partial charge in [-0.1, -0.05) is 56.3 Å². The predicted octanol–water partition coefficient (Wildman–Crippen LogP) is 4.02. The lowest BCUT2D eigenvalue weighted by Crippen LogP contribution is -2.18. The van der Waals surface area contributed by atoms with Gasteiger partial charge in [0.15, 0.2) is 0 Å². The fourth-order valence-electron chi connectivity index (χ4n) is 2.34. The highest BCUT2D eigenvalue weighted by molar-refractivity contribution is 5.46. The molecule has 0 fully saturated rings. The Morgan fingerprint density at radius 2 is 1.60 bits per heavy atom. The minimum atomic E-state index is 0.589. The molecule has 0 saturated carbocycles. The second kappa shape index (κ2) is 6.58. The van der Waals surface area contributed by atoms with E-state index in [0.29, 0.717) is 5.92 Å². The zero-order valence-electron chi connectivity index (χ0n) is 12.6. The van der Waals surface area contributed by atoms with Gasteiger partial charge in [0, 0.05) is 18.8 Å². The van der Waals surface area contributed by atoms with E-state index in [2.05, 4.69) is 56.1 Å². The standard InChI is InChI=1S/C18H24N2/c1-14(2)16-10-8-15(9-11-16)12-20(3)13-17-6-4-5-7-18(17)19/h4-11,14H,12-13,19H2,1-3H3. The van der Waals surface area contributed by atoms with Crippen molar-refractivity contribution in [2.24, 2.45) is 0 Å². The van der Waals surface area contributed by atoms with Crippen LogP contribution >= 0.6 is 0 Å². The van der Waals surface area contributed by atoms with Crippen LogP contribution in [0.3, 0.4) is 0 Å². The number of hydrogen-bond acceptors (Lipinski definition) is 2. The number of nitrogen functional groups attached to an aromatic ring is 1. The summed E-state index contributed by atoms with van der Waals surface area (Å²) in [5.74, 6) is 0.589. The van der Waals surface area contributed by atoms with E-state index in [9.17, 15) is 0 Å². The molecule has 2 aromatic rings. The largest absolute Gasteiger partial charge is 0.398 e. The highest BCUT2D eigenvalue weighted by Crippen LogP contribution is 2.17. The molecule has 0 spiro atoms.